The third-order valence-electron chi connectivity index (χ3n) is 6.15. The Morgan fingerprint density at radius 3 is 1.19 bits per heavy atom. The molecule has 4 rings (SSSR count). The predicted molar refractivity (Wildman–Crippen MR) is 124 cm³/mol. The van der Waals surface area contributed by atoms with E-state index in [0.29, 0.717) is 25.7 Å². The Balaban J connectivity index is 0.000000181. The molecular formula is C24H28O6S2. The topological polar surface area (TPSA) is 102 Å². The Morgan fingerprint density at radius 2 is 0.906 bits per heavy atom. The van der Waals surface area contributed by atoms with E-state index in [4.69, 9.17) is 0 Å². The fourth-order valence-corrected chi connectivity index (χ4v) is 7.76. The lowest BCUT2D eigenvalue weighted by Gasteiger charge is -2.16. The molecule has 0 N–H and O–H groups in total. The van der Waals surface area contributed by atoms with Gasteiger partial charge in [0.25, 0.3) is 0 Å². The van der Waals surface area contributed by atoms with Gasteiger partial charge in [-0.15, -0.1) is 0 Å². The summed E-state index contributed by atoms with van der Waals surface area (Å²) in [4.78, 5) is 23.3. The molecule has 0 radical (unpaired) electrons. The molecule has 32 heavy (non-hydrogen) atoms. The molecule has 0 aromatic heterocycles. The molecule has 0 spiro atoms. The summed E-state index contributed by atoms with van der Waals surface area (Å²) in [7, 11) is -6.60. The zero-order valence-electron chi connectivity index (χ0n) is 18.2. The lowest BCUT2D eigenvalue weighted by atomic mass is 9.97. The summed E-state index contributed by atoms with van der Waals surface area (Å²) >= 11 is 0. The number of sulfone groups is 2. The number of carbonyl (C=O) groups excluding carboxylic acids is 2. The molecule has 4 atom stereocenters. The molecule has 0 heterocycles. The minimum atomic E-state index is -3.30. The third-order valence-corrected chi connectivity index (χ3v) is 9.17. The van der Waals surface area contributed by atoms with E-state index in [1.54, 1.807) is 0 Å². The SMILES string of the molecule is CS(=O)(=O)[C@H]1C(=O)CC[C@@H]1c1ccccc1.CS(=O)(=O)[C@H]1C(=O)CC[C@@H]1c1ccccc1. The predicted octanol–water partition coefficient (Wildman–Crippen LogP) is 3.09. The molecular weight excluding hydrogens is 448 g/mol. The highest BCUT2D eigenvalue weighted by Gasteiger charge is 2.43. The number of hydrogen-bond acceptors (Lipinski definition) is 6. The van der Waals surface area contributed by atoms with Crippen molar-refractivity contribution in [3.8, 4) is 0 Å². The maximum Gasteiger partial charge on any atom is 0.158 e. The Labute approximate surface area is 189 Å². The lowest BCUT2D eigenvalue weighted by molar-refractivity contribution is -0.118. The van der Waals surface area contributed by atoms with Crippen molar-refractivity contribution < 1.29 is 26.4 Å². The van der Waals surface area contributed by atoms with Gasteiger partial charge >= 0.3 is 0 Å². The first-order valence-corrected chi connectivity index (χ1v) is 14.4. The lowest BCUT2D eigenvalue weighted by Crippen LogP contribution is -2.29. The second-order valence-corrected chi connectivity index (χ2v) is 12.9. The maximum atomic E-state index is 11.6. The molecule has 6 nitrogen and oxygen atoms in total. The molecule has 2 aliphatic rings. The van der Waals surface area contributed by atoms with Crippen LogP contribution in [0.2, 0.25) is 0 Å². The van der Waals surface area contributed by atoms with Crippen LogP contribution in [0.5, 0.6) is 0 Å². The van der Waals surface area contributed by atoms with Gasteiger partial charge in [-0.1, -0.05) is 60.7 Å². The van der Waals surface area contributed by atoms with Crippen LogP contribution in [0, 0.1) is 0 Å². The van der Waals surface area contributed by atoms with Gasteiger partial charge in [-0.2, -0.15) is 0 Å². The second-order valence-electron chi connectivity index (χ2n) is 8.54. The van der Waals surface area contributed by atoms with Gasteiger partial charge in [0, 0.05) is 37.2 Å². The van der Waals surface area contributed by atoms with Gasteiger partial charge in [-0.05, 0) is 24.0 Å². The van der Waals surface area contributed by atoms with Crippen molar-refractivity contribution in [3.05, 3.63) is 71.8 Å². The van der Waals surface area contributed by atoms with E-state index >= 15 is 0 Å². The molecule has 0 aliphatic heterocycles. The van der Waals surface area contributed by atoms with Gasteiger partial charge < -0.3 is 0 Å². The number of carbonyl (C=O) groups is 2. The molecule has 0 unspecified atom stereocenters. The molecule has 0 bridgehead atoms. The first-order chi connectivity index (χ1) is 15.0. The summed E-state index contributed by atoms with van der Waals surface area (Å²) in [6.45, 7) is 0. The van der Waals surface area contributed by atoms with Crippen LogP contribution in [0.25, 0.3) is 0 Å². The van der Waals surface area contributed by atoms with E-state index in [-0.39, 0.29) is 23.4 Å². The van der Waals surface area contributed by atoms with Crippen molar-refractivity contribution in [2.24, 2.45) is 0 Å². The van der Waals surface area contributed by atoms with E-state index in [1.807, 2.05) is 60.7 Å². The molecule has 8 heteroatoms. The van der Waals surface area contributed by atoms with Crippen molar-refractivity contribution in [2.75, 3.05) is 12.5 Å². The minimum absolute atomic E-state index is 0.142. The average molecular weight is 477 g/mol. The summed E-state index contributed by atoms with van der Waals surface area (Å²) < 4.78 is 46.4. The molecule has 2 saturated carbocycles. The standard InChI is InChI=1S/2C12H14O3S/c2*1-16(14,15)12-10(7-8-11(12)13)9-5-3-2-4-6-9/h2*2-6,10,12H,7-8H2,1H3/t2*10-,12-/m11/s1. The molecule has 2 aliphatic carbocycles. The quantitative estimate of drug-likeness (QED) is 0.672. The second kappa shape index (κ2) is 9.67. The van der Waals surface area contributed by atoms with Crippen molar-refractivity contribution in [1.29, 1.82) is 0 Å². The molecule has 0 saturated heterocycles. The summed E-state index contributed by atoms with van der Waals surface area (Å²) in [5.41, 5.74) is 1.90. The van der Waals surface area contributed by atoms with E-state index in [1.165, 1.54) is 0 Å². The van der Waals surface area contributed by atoms with Crippen LogP contribution in [0.4, 0.5) is 0 Å². The van der Waals surface area contributed by atoms with E-state index in [0.717, 1.165) is 23.6 Å². The van der Waals surface area contributed by atoms with Crippen LogP contribution in [-0.4, -0.2) is 51.4 Å². The smallest absolute Gasteiger partial charge is 0.158 e. The fraction of sp³-hybridized carbons (Fsp3) is 0.417. The van der Waals surface area contributed by atoms with E-state index in [2.05, 4.69) is 0 Å². The molecule has 2 fully saturated rings. The maximum absolute atomic E-state index is 11.6. The molecule has 2 aromatic carbocycles. The monoisotopic (exact) mass is 476 g/mol. The van der Waals surface area contributed by atoms with Gasteiger partial charge in [0.1, 0.15) is 10.5 Å². The highest BCUT2D eigenvalue weighted by molar-refractivity contribution is 7.92. The third kappa shape index (κ3) is 5.53. The summed E-state index contributed by atoms with van der Waals surface area (Å²) in [5.74, 6) is -0.611. The number of rotatable bonds is 4. The zero-order valence-corrected chi connectivity index (χ0v) is 19.8. The normalized spacial score (nSPS) is 25.9. The minimum Gasteiger partial charge on any atom is -0.298 e. The van der Waals surface area contributed by atoms with Crippen LogP contribution < -0.4 is 0 Å². The van der Waals surface area contributed by atoms with Crippen molar-refractivity contribution in [3.63, 3.8) is 0 Å². The van der Waals surface area contributed by atoms with Gasteiger partial charge in [-0.3, -0.25) is 9.59 Å². The number of Topliss-reactive ketones (excluding diaryl/α,β-unsaturated/α-hetero) is 2. The highest BCUT2D eigenvalue weighted by Crippen LogP contribution is 2.37. The largest absolute Gasteiger partial charge is 0.298 e. The van der Waals surface area contributed by atoms with Gasteiger partial charge in [0.2, 0.25) is 0 Å². The van der Waals surface area contributed by atoms with Crippen LogP contribution in [0.1, 0.15) is 48.6 Å². The van der Waals surface area contributed by atoms with Crippen LogP contribution in [-0.2, 0) is 29.3 Å². The Kier molecular flexibility index (Phi) is 7.35. The molecule has 0 amide bonds. The van der Waals surface area contributed by atoms with Gasteiger partial charge in [0.05, 0.1) is 0 Å². The van der Waals surface area contributed by atoms with Crippen molar-refractivity contribution >= 4 is 31.2 Å². The Bertz CT molecular complexity index is 1080. The van der Waals surface area contributed by atoms with E-state index < -0.39 is 30.2 Å². The van der Waals surface area contributed by atoms with Gasteiger partial charge in [0.15, 0.2) is 31.2 Å². The van der Waals surface area contributed by atoms with Crippen molar-refractivity contribution in [1.82, 2.24) is 0 Å². The Morgan fingerprint density at radius 1 is 0.594 bits per heavy atom. The summed E-state index contributed by atoms with van der Waals surface area (Å²) in [5, 5.41) is -1.68. The summed E-state index contributed by atoms with van der Waals surface area (Å²) in [6, 6.07) is 18.8. The van der Waals surface area contributed by atoms with Crippen LogP contribution in [0.15, 0.2) is 60.7 Å². The highest BCUT2D eigenvalue weighted by atomic mass is 32.2. The van der Waals surface area contributed by atoms with E-state index in [9.17, 15) is 26.4 Å². The zero-order chi connectivity index (χ0) is 23.5. The fourth-order valence-electron chi connectivity index (χ4n) is 4.79. The first kappa shape index (κ1) is 24.3. The Hall–Kier alpha value is -2.32. The van der Waals surface area contributed by atoms with Crippen molar-refractivity contribution in [2.45, 2.75) is 48.0 Å². The van der Waals surface area contributed by atoms with Gasteiger partial charge in [-0.25, -0.2) is 16.8 Å². The number of benzene rings is 2. The average Bonchev–Trinajstić information content (AvgIpc) is 3.32. The molecule has 172 valence electrons. The number of hydrogen-bond donors (Lipinski definition) is 0. The number of ketones is 2. The summed E-state index contributed by atoms with van der Waals surface area (Å²) in [6.07, 6.45) is 4.32. The van der Waals surface area contributed by atoms with Crippen LogP contribution >= 0.6 is 0 Å². The first-order valence-electron chi connectivity index (χ1n) is 10.5. The van der Waals surface area contributed by atoms with Crippen LogP contribution in [0.3, 0.4) is 0 Å². The molecule has 2 aromatic rings.